The molecule has 0 aromatic heterocycles. The second-order valence-corrected chi connectivity index (χ2v) is 7.89. The first-order valence-corrected chi connectivity index (χ1v) is 8.50. The molecule has 0 amide bonds. The van der Waals surface area contributed by atoms with Gasteiger partial charge < -0.3 is 5.32 Å². The number of hydrogen-bond donors (Lipinski definition) is 1. The van der Waals surface area contributed by atoms with Crippen molar-refractivity contribution >= 4 is 22.4 Å². The molecule has 0 saturated carbocycles. The quantitative estimate of drug-likeness (QED) is 0.904. The molecule has 1 fully saturated rings. The lowest BCUT2D eigenvalue weighted by atomic mass is 10.1. The Hall–Kier alpha value is -0.620. The lowest BCUT2D eigenvalue weighted by Crippen LogP contribution is -2.55. The molecule has 1 aromatic rings. The van der Waals surface area contributed by atoms with Gasteiger partial charge in [0.2, 0.25) is 10.0 Å². The molecule has 0 spiro atoms. The summed E-state index contributed by atoms with van der Waals surface area (Å²) in [4.78, 5) is 0.476. The van der Waals surface area contributed by atoms with E-state index in [1.807, 2.05) is 46.8 Å². The zero-order valence-electron chi connectivity index (χ0n) is 13.3. The maximum absolute atomic E-state index is 12.9. The van der Waals surface area contributed by atoms with Crippen LogP contribution in [0.5, 0.6) is 0 Å². The summed E-state index contributed by atoms with van der Waals surface area (Å²) in [6.07, 6.45) is 0. The van der Waals surface area contributed by atoms with Crippen molar-refractivity contribution in [2.75, 3.05) is 13.1 Å². The largest absolute Gasteiger partial charge is 0.309 e. The summed E-state index contributed by atoms with van der Waals surface area (Å²) in [5.41, 5.74) is 2.77. The average molecular weight is 333 g/mol. The first-order valence-electron chi connectivity index (χ1n) is 7.06. The van der Waals surface area contributed by atoms with E-state index in [0.29, 0.717) is 18.0 Å². The molecule has 21 heavy (non-hydrogen) atoms. The van der Waals surface area contributed by atoms with Crippen molar-refractivity contribution < 1.29 is 8.42 Å². The molecule has 1 saturated heterocycles. The highest BCUT2D eigenvalue weighted by atomic mass is 35.5. The predicted octanol–water partition coefficient (Wildman–Crippen LogP) is 2.40. The van der Waals surface area contributed by atoms with E-state index in [2.05, 4.69) is 5.32 Å². The Morgan fingerprint density at radius 1 is 1.05 bits per heavy atom. The van der Waals surface area contributed by atoms with Crippen LogP contribution in [0.3, 0.4) is 0 Å². The van der Waals surface area contributed by atoms with Crippen molar-refractivity contribution in [1.29, 1.82) is 0 Å². The molecule has 1 heterocycles. The maximum atomic E-state index is 12.9. The van der Waals surface area contributed by atoms with Crippen LogP contribution in [0.4, 0.5) is 0 Å². The molecule has 0 aliphatic carbocycles. The van der Waals surface area contributed by atoms with Crippen LogP contribution in [-0.4, -0.2) is 37.9 Å². The lowest BCUT2D eigenvalue weighted by molar-refractivity contribution is 0.262. The number of aryl methyl sites for hydroxylation is 3. The minimum absolute atomic E-state index is 0. The fraction of sp³-hybridized carbons (Fsp3) is 0.600. The smallest absolute Gasteiger partial charge is 0.243 e. The third-order valence-electron chi connectivity index (χ3n) is 3.73. The molecule has 1 aliphatic heterocycles. The topological polar surface area (TPSA) is 49.4 Å². The van der Waals surface area contributed by atoms with Gasteiger partial charge in [0.25, 0.3) is 0 Å². The number of benzene rings is 1. The van der Waals surface area contributed by atoms with E-state index in [4.69, 9.17) is 0 Å². The Bertz CT molecular complexity index is 583. The summed E-state index contributed by atoms with van der Waals surface area (Å²) in [5, 5.41) is 3.36. The minimum Gasteiger partial charge on any atom is -0.309 e. The molecule has 0 bridgehead atoms. The molecule has 1 aliphatic rings. The second-order valence-electron chi connectivity index (χ2n) is 6.02. The van der Waals surface area contributed by atoms with E-state index in [1.165, 1.54) is 0 Å². The first kappa shape index (κ1) is 18.4. The first-order chi connectivity index (χ1) is 9.21. The molecular formula is C15H25ClN2O2S. The average Bonchev–Trinajstić information content (AvgIpc) is 2.25. The lowest BCUT2D eigenvalue weighted by Gasteiger charge is -2.35. The van der Waals surface area contributed by atoms with E-state index in [9.17, 15) is 8.42 Å². The monoisotopic (exact) mass is 332 g/mol. The molecule has 1 N–H and O–H groups in total. The van der Waals surface area contributed by atoms with E-state index < -0.39 is 10.0 Å². The van der Waals surface area contributed by atoms with Gasteiger partial charge in [-0.15, -0.1) is 12.4 Å². The Balaban J connectivity index is 0.00000220. The Morgan fingerprint density at radius 2 is 1.48 bits per heavy atom. The molecule has 0 radical (unpaired) electrons. The van der Waals surface area contributed by atoms with Crippen LogP contribution in [-0.2, 0) is 10.0 Å². The summed E-state index contributed by atoms with van der Waals surface area (Å²) in [6, 6.07) is 4.24. The summed E-state index contributed by atoms with van der Waals surface area (Å²) in [6.45, 7) is 10.8. The van der Waals surface area contributed by atoms with Gasteiger partial charge in [-0.3, -0.25) is 0 Å². The standard InChI is InChI=1S/C15H24N2O2S.ClH/c1-10-6-11(2)15(12(3)7-10)20(18,19)17-8-13(4)16-14(5)9-17;/h6-7,13-14,16H,8-9H2,1-5H3;1H. The Labute approximate surface area is 134 Å². The van der Waals surface area contributed by atoms with Crippen LogP contribution in [0.25, 0.3) is 0 Å². The number of nitrogens with zero attached hydrogens (tertiary/aromatic N) is 1. The highest BCUT2D eigenvalue weighted by Gasteiger charge is 2.33. The fourth-order valence-electron chi connectivity index (χ4n) is 3.18. The van der Waals surface area contributed by atoms with Crippen LogP contribution >= 0.6 is 12.4 Å². The van der Waals surface area contributed by atoms with Gasteiger partial charge in [0.05, 0.1) is 4.90 Å². The van der Waals surface area contributed by atoms with Gasteiger partial charge in [-0.1, -0.05) is 17.7 Å². The molecule has 6 heteroatoms. The molecule has 2 rings (SSSR count). The van der Waals surface area contributed by atoms with Gasteiger partial charge in [0.15, 0.2) is 0 Å². The zero-order chi connectivity index (χ0) is 15.1. The van der Waals surface area contributed by atoms with Crippen molar-refractivity contribution in [3.8, 4) is 0 Å². The number of hydrogen-bond acceptors (Lipinski definition) is 3. The van der Waals surface area contributed by atoms with Crippen LogP contribution in [0, 0.1) is 20.8 Å². The summed E-state index contributed by atoms with van der Waals surface area (Å²) in [7, 11) is -3.41. The Kier molecular flexibility index (Phi) is 5.83. The number of sulfonamides is 1. The summed E-state index contributed by atoms with van der Waals surface area (Å²) in [5.74, 6) is 0. The van der Waals surface area contributed by atoms with E-state index in [0.717, 1.165) is 16.7 Å². The van der Waals surface area contributed by atoms with Crippen LogP contribution in [0.15, 0.2) is 17.0 Å². The number of rotatable bonds is 2. The van der Waals surface area contributed by atoms with Crippen molar-refractivity contribution in [3.05, 3.63) is 28.8 Å². The zero-order valence-corrected chi connectivity index (χ0v) is 14.9. The van der Waals surface area contributed by atoms with Gasteiger partial charge in [0, 0.05) is 25.2 Å². The molecule has 4 nitrogen and oxygen atoms in total. The van der Waals surface area contributed by atoms with Crippen LogP contribution < -0.4 is 5.32 Å². The molecule has 2 unspecified atom stereocenters. The third kappa shape index (κ3) is 3.77. The van der Waals surface area contributed by atoms with Crippen molar-refractivity contribution in [1.82, 2.24) is 9.62 Å². The molecular weight excluding hydrogens is 308 g/mol. The van der Waals surface area contributed by atoms with Crippen molar-refractivity contribution in [2.45, 2.75) is 51.6 Å². The van der Waals surface area contributed by atoms with Gasteiger partial charge in [-0.05, 0) is 45.7 Å². The van der Waals surface area contributed by atoms with E-state index in [-0.39, 0.29) is 24.5 Å². The van der Waals surface area contributed by atoms with Crippen LogP contribution in [0.2, 0.25) is 0 Å². The van der Waals surface area contributed by atoms with Gasteiger partial charge in [0.1, 0.15) is 0 Å². The normalized spacial score (nSPS) is 23.7. The van der Waals surface area contributed by atoms with Gasteiger partial charge >= 0.3 is 0 Å². The number of piperazine rings is 1. The van der Waals surface area contributed by atoms with Gasteiger partial charge in [-0.25, -0.2) is 8.42 Å². The van der Waals surface area contributed by atoms with Crippen LogP contribution in [0.1, 0.15) is 30.5 Å². The molecule has 120 valence electrons. The highest BCUT2D eigenvalue weighted by Crippen LogP contribution is 2.26. The fourth-order valence-corrected chi connectivity index (χ4v) is 5.21. The SMILES string of the molecule is Cc1cc(C)c(S(=O)(=O)N2CC(C)NC(C)C2)c(C)c1.Cl. The second kappa shape index (κ2) is 6.65. The summed E-state index contributed by atoms with van der Waals surface area (Å²) < 4.78 is 27.5. The Morgan fingerprint density at radius 3 is 1.90 bits per heavy atom. The van der Waals surface area contributed by atoms with Crippen molar-refractivity contribution in [2.24, 2.45) is 0 Å². The highest BCUT2D eigenvalue weighted by molar-refractivity contribution is 7.89. The summed E-state index contributed by atoms with van der Waals surface area (Å²) >= 11 is 0. The molecule has 1 aromatic carbocycles. The van der Waals surface area contributed by atoms with Crippen molar-refractivity contribution in [3.63, 3.8) is 0 Å². The third-order valence-corrected chi connectivity index (χ3v) is 5.86. The number of halogens is 1. The van der Waals surface area contributed by atoms with Gasteiger partial charge in [-0.2, -0.15) is 4.31 Å². The van der Waals surface area contributed by atoms with E-state index in [1.54, 1.807) is 4.31 Å². The number of nitrogens with one attached hydrogen (secondary N) is 1. The van der Waals surface area contributed by atoms with E-state index >= 15 is 0 Å². The molecule has 2 atom stereocenters. The predicted molar refractivity (Wildman–Crippen MR) is 88.7 cm³/mol. The minimum atomic E-state index is -3.41. The maximum Gasteiger partial charge on any atom is 0.243 e.